The molecule has 1 unspecified atom stereocenters. The minimum absolute atomic E-state index is 0.340. The molecule has 0 radical (unpaired) electrons. The Morgan fingerprint density at radius 3 is 2.69 bits per heavy atom. The fourth-order valence-electron chi connectivity index (χ4n) is 3.86. The van der Waals surface area contributed by atoms with Crippen molar-refractivity contribution in [2.45, 2.75) is 18.9 Å². The van der Waals surface area contributed by atoms with Crippen LogP contribution in [0.15, 0.2) is 60.8 Å². The first kappa shape index (κ1) is 17.5. The number of fused-ring (bicyclic) bond motifs is 1. The van der Waals surface area contributed by atoms with Gasteiger partial charge in [-0.05, 0) is 37.1 Å². The number of anilines is 2. The minimum atomic E-state index is 0.340. The lowest BCUT2D eigenvalue weighted by Gasteiger charge is -2.38. The molecule has 1 atom stereocenters. The van der Waals surface area contributed by atoms with Crippen molar-refractivity contribution in [1.29, 1.82) is 0 Å². The summed E-state index contributed by atoms with van der Waals surface area (Å²) in [4.78, 5) is 4.54. The van der Waals surface area contributed by atoms with Crippen molar-refractivity contribution in [2.24, 2.45) is 0 Å². The largest absolute Gasteiger partial charge is 0.353 e. The van der Waals surface area contributed by atoms with Crippen LogP contribution < -0.4 is 9.80 Å². The maximum absolute atomic E-state index is 4.86. The van der Waals surface area contributed by atoms with Crippen molar-refractivity contribution in [3.63, 3.8) is 0 Å². The Kier molecular flexibility index (Phi) is 4.51. The van der Waals surface area contributed by atoms with E-state index in [0.717, 1.165) is 54.6 Å². The topological polar surface area (TPSA) is 75.3 Å². The Bertz CT molecular complexity index is 1100. The number of hydrogen-bond donors (Lipinski definition) is 0. The third-order valence-corrected chi connectivity index (χ3v) is 5.47. The SMILES string of the molecule is CN(c1ccc2nnc(-c3ccccc3)n2n1)C1CCCN(c2cccnn2)C1. The lowest BCUT2D eigenvalue weighted by atomic mass is 10.0. The van der Waals surface area contributed by atoms with Gasteiger partial charge in [0.25, 0.3) is 0 Å². The summed E-state index contributed by atoms with van der Waals surface area (Å²) in [5, 5.41) is 21.8. The van der Waals surface area contributed by atoms with Crippen molar-refractivity contribution < 1.29 is 0 Å². The third-order valence-electron chi connectivity index (χ3n) is 5.47. The van der Waals surface area contributed by atoms with E-state index in [1.165, 1.54) is 0 Å². The molecule has 4 heterocycles. The van der Waals surface area contributed by atoms with E-state index in [-0.39, 0.29) is 0 Å². The zero-order chi connectivity index (χ0) is 19.6. The molecule has 4 aromatic rings. The fraction of sp³-hybridized carbons (Fsp3) is 0.286. The van der Waals surface area contributed by atoms with E-state index in [2.05, 4.69) is 37.2 Å². The Labute approximate surface area is 168 Å². The second-order valence-corrected chi connectivity index (χ2v) is 7.29. The van der Waals surface area contributed by atoms with Crippen molar-refractivity contribution in [3.05, 3.63) is 60.8 Å². The van der Waals surface area contributed by atoms with Crippen LogP contribution in [-0.4, -0.2) is 56.2 Å². The predicted octanol–water partition coefficient (Wildman–Crippen LogP) is 2.69. The first-order valence-electron chi connectivity index (χ1n) is 9.83. The van der Waals surface area contributed by atoms with Gasteiger partial charge in [-0.3, -0.25) is 0 Å². The van der Waals surface area contributed by atoms with Crippen LogP contribution in [0.3, 0.4) is 0 Å². The average molecular weight is 386 g/mol. The smallest absolute Gasteiger partial charge is 0.185 e. The summed E-state index contributed by atoms with van der Waals surface area (Å²) in [5.74, 6) is 2.58. The van der Waals surface area contributed by atoms with E-state index >= 15 is 0 Å². The molecule has 146 valence electrons. The van der Waals surface area contributed by atoms with E-state index in [1.54, 1.807) is 6.20 Å². The molecule has 0 saturated carbocycles. The zero-order valence-electron chi connectivity index (χ0n) is 16.3. The molecule has 0 amide bonds. The number of aromatic nitrogens is 6. The minimum Gasteiger partial charge on any atom is -0.353 e. The summed E-state index contributed by atoms with van der Waals surface area (Å²) < 4.78 is 1.82. The third kappa shape index (κ3) is 3.37. The average Bonchev–Trinajstić information content (AvgIpc) is 3.23. The van der Waals surface area contributed by atoms with Gasteiger partial charge in [0, 0.05) is 37.9 Å². The molecule has 0 aliphatic carbocycles. The Morgan fingerprint density at radius 2 is 1.86 bits per heavy atom. The molecule has 0 spiro atoms. The molecule has 1 saturated heterocycles. The van der Waals surface area contributed by atoms with Gasteiger partial charge in [-0.2, -0.15) is 9.61 Å². The van der Waals surface area contributed by atoms with Gasteiger partial charge in [-0.1, -0.05) is 30.3 Å². The molecule has 8 heteroatoms. The highest BCUT2D eigenvalue weighted by Crippen LogP contribution is 2.24. The van der Waals surface area contributed by atoms with Gasteiger partial charge in [-0.15, -0.1) is 20.4 Å². The lowest BCUT2D eigenvalue weighted by molar-refractivity contribution is 0.481. The molecule has 29 heavy (non-hydrogen) atoms. The Morgan fingerprint density at radius 1 is 0.966 bits per heavy atom. The van der Waals surface area contributed by atoms with E-state index in [4.69, 9.17) is 5.10 Å². The molecule has 1 aliphatic rings. The van der Waals surface area contributed by atoms with Crippen LogP contribution in [0.25, 0.3) is 17.0 Å². The van der Waals surface area contributed by atoms with Crippen LogP contribution in [0.2, 0.25) is 0 Å². The van der Waals surface area contributed by atoms with Gasteiger partial charge in [0.05, 0.1) is 0 Å². The molecular formula is C21H22N8. The van der Waals surface area contributed by atoms with E-state index in [9.17, 15) is 0 Å². The molecule has 0 N–H and O–H groups in total. The summed E-state index contributed by atoms with van der Waals surface area (Å²) in [7, 11) is 2.10. The first-order valence-corrected chi connectivity index (χ1v) is 9.83. The van der Waals surface area contributed by atoms with Crippen LogP contribution in [0.1, 0.15) is 12.8 Å². The van der Waals surface area contributed by atoms with Crippen molar-refractivity contribution in [2.75, 3.05) is 29.9 Å². The van der Waals surface area contributed by atoms with Crippen LogP contribution in [0.5, 0.6) is 0 Å². The summed E-state index contributed by atoms with van der Waals surface area (Å²) in [5.41, 5.74) is 1.74. The van der Waals surface area contributed by atoms with Gasteiger partial charge < -0.3 is 9.80 Å². The first-order chi connectivity index (χ1) is 14.3. The Hall–Kier alpha value is -3.55. The van der Waals surface area contributed by atoms with Crippen molar-refractivity contribution in [1.82, 2.24) is 30.0 Å². The van der Waals surface area contributed by atoms with Gasteiger partial charge in [-0.25, -0.2) is 0 Å². The maximum Gasteiger partial charge on any atom is 0.185 e. The summed E-state index contributed by atoms with van der Waals surface area (Å²) in [6, 6.07) is 18.3. The van der Waals surface area contributed by atoms with E-state index in [1.807, 2.05) is 59.1 Å². The number of hydrogen-bond acceptors (Lipinski definition) is 7. The molecular weight excluding hydrogens is 364 g/mol. The maximum atomic E-state index is 4.86. The van der Waals surface area contributed by atoms with Crippen LogP contribution >= 0.6 is 0 Å². The molecule has 1 fully saturated rings. The molecule has 1 aliphatic heterocycles. The van der Waals surface area contributed by atoms with Crippen molar-refractivity contribution in [3.8, 4) is 11.4 Å². The van der Waals surface area contributed by atoms with E-state index < -0.39 is 0 Å². The molecule has 3 aromatic heterocycles. The number of piperidine rings is 1. The molecule has 8 nitrogen and oxygen atoms in total. The number of benzene rings is 1. The van der Waals surface area contributed by atoms with Crippen molar-refractivity contribution >= 4 is 17.3 Å². The van der Waals surface area contributed by atoms with Gasteiger partial charge in [0.1, 0.15) is 5.82 Å². The quantitative estimate of drug-likeness (QED) is 0.534. The number of nitrogens with zero attached hydrogens (tertiary/aromatic N) is 8. The second-order valence-electron chi connectivity index (χ2n) is 7.29. The van der Waals surface area contributed by atoms with Gasteiger partial charge in [0.15, 0.2) is 17.3 Å². The predicted molar refractivity (Wildman–Crippen MR) is 112 cm³/mol. The number of likely N-dealkylation sites (N-methyl/N-ethyl adjacent to an activating group) is 1. The van der Waals surface area contributed by atoms with E-state index in [0.29, 0.717) is 6.04 Å². The monoisotopic (exact) mass is 386 g/mol. The molecule has 1 aromatic carbocycles. The summed E-state index contributed by atoms with van der Waals surface area (Å²) in [6.45, 7) is 1.89. The second kappa shape index (κ2) is 7.46. The van der Waals surface area contributed by atoms with Crippen LogP contribution in [-0.2, 0) is 0 Å². The van der Waals surface area contributed by atoms with Gasteiger partial charge in [0.2, 0.25) is 0 Å². The van der Waals surface area contributed by atoms with Crippen LogP contribution in [0.4, 0.5) is 11.6 Å². The molecule has 5 rings (SSSR count). The lowest BCUT2D eigenvalue weighted by Crippen LogP contribution is -2.47. The van der Waals surface area contributed by atoms with Crippen LogP contribution in [0, 0.1) is 0 Å². The zero-order valence-corrected chi connectivity index (χ0v) is 16.3. The Balaban J connectivity index is 1.43. The highest BCUT2D eigenvalue weighted by Gasteiger charge is 2.25. The highest BCUT2D eigenvalue weighted by molar-refractivity contribution is 5.59. The normalized spacial score (nSPS) is 16.9. The molecule has 0 bridgehead atoms. The fourth-order valence-corrected chi connectivity index (χ4v) is 3.86. The summed E-state index contributed by atoms with van der Waals surface area (Å²) in [6.07, 6.45) is 3.93. The summed E-state index contributed by atoms with van der Waals surface area (Å²) >= 11 is 0. The van der Waals surface area contributed by atoms with Gasteiger partial charge >= 0.3 is 0 Å². The highest BCUT2D eigenvalue weighted by atomic mass is 15.4. The number of rotatable bonds is 4. The standard InChI is InChI=1S/C21H22N8/c1-27(17-9-6-14-28(15-17)18-10-5-13-22-23-18)20-12-11-19-24-25-21(29(19)26-20)16-7-3-2-4-8-16/h2-5,7-8,10-13,17H,6,9,14-15H2,1H3.